The first-order chi connectivity index (χ1) is 4.37. The number of hydrogen-bond acceptors (Lipinski definition) is 1. The minimum Gasteiger partial charge on any atom is -0.373 e. The normalized spacial score (nSPS) is 13.8. The van der Waals surface area contributed by atoms with E-state index in [0.717, 1.165) is 0 Å². The van der Waals surface area contributed by atoms with Gasteiger partial charge in [0.25, 0.3) is 5.92 Å². The number of rotatable bonds is 3. The maximum Gasteiger partial charge on any atom is 0.275 e. The lowest BCUT2D eigenvalue weighted by atomic mass is 9.98. The van der Waals surface area contributed by atoms with E-state index in [0.29, 0.717) is 0 Å². The fraction of sp³-hybridized carbons (Fsp3) is 1.00. The molecule has 0 aromatic rings. The first-order valence-corrected chi connectivity index (χ1v) is 3.30. The molecule has 0 bridgehead atoms. The van der Waals surface area contributed by atoms with Crippen molar-refractivity contribution in [3.05, 3.63) is 0 Å². The first-order valence-electron chi connectivity index (χ1n) is 3.30. The molecule has 0 N–H and O–H groups in total. The summed E-state index contributed by atoms with van der Waals surface area (Å²) in [6, 6.07) is 0. The van der Waals surface area contributed by atoms with Gasteiger partial charge < -0.3 is 4.74 Å². The Morgan fingerprint density at radius 1 is 1.30 bits per heavy atom. The predicted molar refractivity (Wildman–Crippen MR) is 36.3 cm³/mol. The van der Waals surface area contributed by atoms with Crippen LogP contribution in [-0.4, -0.2) is 18.6 Å². The van der Waals surface area contributed by atoms with E-state index < -0.39 is 11.5 Å². The highest BCUT2D eigenvalue weighted by Crippen LogP contribution is 2.33. The number of hydrogen-bond donors (Lipinski definition) is 0. The fourth-order valence-electron chi connectivity index (χ4n) is 0.575. The standard InChI is InChI=1S/C7H14F2O/c1-5-7(8,9)6(2,3)10-4/h5H2,1-4H3. The van der Waals surface area contributed by atoms with Crippen molar-refractivity contribution in [1.29, 1.82) is 0 Å². The summed E-state index contributed by atoms with van der Waals surface area (Å²) in [6.45, 7) is 4.22. The van der Waals surface area contributed by atoms with Crippen molar-refractivity contribution in [2.45, 2.75) is 38.7 Å². The van der Waals surface area contributed by atoms with Crippen molar-refractivity contribution < 1.29 is 13.5 Å². The van der Waals surface area contributed by atoms with Gasteiger partial charge in [-0.25, -0.2) is 8.78 Å². The molecule has 0 radical (unpaired) electrons. The Morgan fingerprint density at radius 2 is 1.70 bits per heavy atom. The molecule has 0 saturated heterocycles. The molecule has 0 atom stereocenters. The lowest BCUT2D eigenvalue weighted by molar-refractivity contribution is -0.178. The van der Waals surface area contributed by atoms with E-state index in [1.165, 1.54) is 27.9 Å². The molecule has 0 heterocycles. The average Bonchev–Trinajstić information content (AvgIpc) is 1.88. The van der Waals surface area contributed by atoms with Crippen LogP contribution in [-0.2, 0) is 4.74 Å². The van der Waals surface area contributed by atoms with Crippen molar-refractivity contribution in [1.82, 2.24) is 0 Å². The summed E-state index contributed by atoms with van der Waals surface area (Å²) >= 11 is 0. The summed E-state index contributed by atoms with van der Waals surface area (Å²) in [7, 11) is 1.30. The Kier molecular flexibility index (Phi) is 2.77. The van der Waals surface area contributed by atoms with Gasteiger partial charge in [-0.3, -0.25) is 0 Å². The summed E-state index contributed by atoms with van der Waals surface area (Å²) in [4.78, 5) is 0. The second-order valence-electron chi connectivity index (χ2n) is 2.77. The maximum atomic E-state index is 12.8. The molecule has 0 aliphatic rings. The van der Waals surface area contributed by atoms with Crippen molar-refractivity contribution in [2.24, 2.45) is 0 Å². The van der Waals surface area contributed by atoms with Crippen LogP contribution in [0.2, 0.25) is 0 Å². The largest absolute Gasteiger partial charge is 0.373 e. The van der Waals surface area contributed by atoms with Gasteiger partial charge >= 0.3 is 0 Å². The molecule has 0 rings (SSSR count). The summed E-state index contributed by atoms with van der Waals surface area (Å²) < 4.78 is 30.3. The summed E-state index contributed by atoms with van der Waals surface area (Å²) in [5, 5.41) is 0. The van der Waals surface area contributed by atoms with Crippen molar-refractivity contribution in [3.8, 4) is 0 Å². The quantitative estimate of drug-likeness (QED) is 0.603. The van der Waals surface area contributed by atoms with Gasteiger partial charge in [-0.2, -0.15) is 0 Å². The predicted octanol–water partition coefficient (Wildman–Crippen LogP) is 2.46. The van der Waals surface area contributed by atoms with Crippen LogP contribution in [0, 0.1) is 0 Å². The highest BCUT2D eigenvalue weighted by molar-refractivity contribution is 4.85. The zero-order chi connectivity index (χ0) is 8.41. The monoisotopic (exact) mass is 152 g/mol. The molecule has 10 heavy (non-hydrogen) atoms. The molecule has 0 aliphatic carbocycles. The second kappa shape index (κ2) is 2.82. The van der Waals surface area contributed by atoms with Gasteiger partial charge in [0.2, 0.25) is 0 Å². The highest BCUT2D eigenvalue weighted by Gasteiger charge is 2.45. The Balaban J connectivity index is 4.28. The number of halogens is 2. The van der Waals surface area contributed by atoms with Crippen molar-refractivity contribution >= 4 is 0 Å². The van der Waals surface area contributed by atoms with Gasteiger partial charge in [0.1, 0.15) is 5.60 Å². The molecule has 0 aromatic heterocycles. The topological polar surface area (TPSA) is 9.23 Å². The van der Waals surface area contributed by atoms with Gasteiger partial charge in [0.15, 0.2) is 0 Å². The van der Waals surface area contributed by atoms with E-state index in [4.69, 9.17) is 0 Å². The summed E-state index contributed by atoms with van der Waals surface area (Å²) in [5.74, 6) is -2.73. The molecule has 0 amide bonds. The van der Waals surface area contributed by atoms with Crippen molar-refractivity contribution in [2.75, 3.05) is 7.11 Å². The van der Waals surface area contributed by atoms with Gasteiger partial charge in [0.05, 0.1) is 0 Å². The fourth-order valence-corrected chi connectivity index (χ4v) is 0.575. The van der Waals surface area contributed by atoms with Crippen molar-refractivity contribution in [3.63, 3.8) is 0 Å². The molecule has 3 heteroatoms. The summed E-state index contributed by atoms with van der Waals surface area (Å²) in [6.07, 6.45) is -0.187. The molecule has 0 unspecified atom stereocenters. The minimum atomic E-state index is -2.73. The Labute approximate surface area is 60.4 Å². The molecule has 0 saturated carbocycles. The zero-order valence-electron chi connectivity index (χ0n) is 6.87. The number of alkyl halides is 2. The van der Waals surface area contributed by atoms with Crippen LogP contribution in [0.3, 0.4) is 0 Å². The number of methoxy groups -OCH3 is 1. The van der Waals surface area contributed by atoms with E-state index in [9.17, 15) is 8.78 Å². The van der Waals surface area contributed by atoms with Gasteiger partial charge in [-0.15, -0.1) is 0 Å². The van der Waals surface area contributed by atoms with Gasteiger partial charge in [-0.1, -0.05) is 6.92 Å². The molecule has 0 aromatic carbocycles. The number of ether oxygens (including phenoxy) is 1. The highest BCUT2D eigenvalue weighted by atomic mass is 19.3. The summed E-state index contributed by atoms with van der Waals surface area (Å²) in [5.41, 5.74) is -1.35. The first kappa shape index (κ1) is 9.82. The Morgan fingerprint density at radius 3 is 1.80 bits per heavy atom. The average molecular weight is 152 g/mol. The third-order valence-corrected chi connectivity index (χ3v) is 1.84. The Bertz CT molecular complexity index is 96.2. The zero-order valence-corrected chi connectivity index (χ0v) is 6.87. The van der Waals surface area contributed by atoms with Crippen LogP contribution in [0.5, 0.6) is 0 Å². The maximum absolute atomic E-state index is 12.8. The van der Waals surface area contributed by atoms with Crippen LogP contribution in [0.4, 0.5) is 8.78 Å². The van der Waals surface area contributed by atoms with E-state index in [1.807, 2.05) is 0 Å². The molecular formula is C7H14F2O. The van der Waals surface area contributed by atoms with Crippen LogP contribution in [0.25, 0.3) is 0 Å². The molecule has 0 spiro atoms. The smallest absolute Gasteiger partial charge is 0.275 e. The van der Waals surface area contributed by atoms with E-state index >= 15 is 0 Å². The van der Waals surface area contributed by atoms with Gasteiger partial charge in [-0.05, 0) is 13.8 Å². The van der Waals surface area contributed by atoms with Crippen LogP contribution < -0.4 is 0 Å². The Hall–Kier alpha value is -0.180. The third-order valence-electron chi connectivity index (χ3n) is 1.84. The molecule has 0 fully saturated rings. The second-order valence-corrected chi connectivity index (χ2v) is 2.77. The SMILES string of the molecule is CCC(F)(F)C(C)(C)OC. The van der Waals surface area contributed by atoms with E-state index in [-0.39, 0.29) is 6.42 Å². The third kappa shape index (κ3) is 1.66. The van der Waals surface area contributed by atoms with E-state index in [1.54, 1.807) is 0 Å². The van der Waals surface area contributed by atoms with Crippen LogP contribution >= 0.6 is 0 Å². The molecule has 0 aliphatic heterocycles. The van der Waals surface area contributed by atoms with Gasteiger partial charge in [0, 0.05) is 13.5 Å². The van der Waals surface area contributed by atoms with Crippen LogP contribution in [0.15, 0.2) is 0 Å². The molecule has 62 valence electrons. The minimum absolute atomic E-state index is 0.187. The van der Waals surface area contributed by atoms with Crippen LogP contribution in [0.1, 0.15) is 27.2 Å². The van der Waals surface area contributed by atoms with E-state index in [2.05, 4.69) is 4.74 Å². The lowest BCUT2D eigenvalue weighted by Gasteiger charge is -2.31. The molecular weight excluding hydrogens is 138 g/mol. The molecule has 1 nitrogen and oxygen atoms in total. The lowest BCUT2D eigenvalue weighted by Crippen LogP contribution is -2.43.